The van der Waals surface area contributed by atoms with E-state index in [1.165, 1.54) is 14.7 Å². The van der Waals surface area contributed by atoms with Crippen molar-refractivity contribution < 1.29 is 0 Å². The molecule has 1 heterocycles. The van der Waals surface area contributed by atoms with Gasteiger partial charge in [-0.05, 0) is 41.6 Å². The Morgan fingerprint density at radius 3 is 1.15 bits per heavy atom. The first-order chi connectivity index (χ1) is 16.3. The van der Waals surface area contributed by atoms with Gasteiger partial charge in [0.2, 0.25) is 0 Å². The van der Waals surface area contributed by atoms with E-state index in [9.17, 15) is 15.8 Å². The fraction of sp³-hybridized carbons (Fsp3) is 0. The van der Waals surface area contributed by atoms with E-state index >= 15 is 0 Å². The lowest BCUT2D eigenvalue weighted by molar-refractivity contribution is 0.852. The predicted molar refractivity (Wildman–Crippen MR) is 122 cm³/mol. The second kappa shape index (κ2) is 9.57. The van der Waals surface area contributed by atoms with Gasteiger partial charge in [0, 0.05) is 0 Å². The van der Waals surface area contributed by atoms with Crippen molar-refractivity contribution in [2.45, 2.75) is 0 Å². The molecular formula is C24H15N9. The molecule has 0 fully saturated rings. The largest absolute Gasteiger partial charge is 0.240 e. The average Bonchev–Trinajstić information content (AvgIpc) is 2.88. The van der Waals surface area contributed by atoms with Crippen molar-refractivity contribution in [1.82, 2.24) is 15.4 Å². The predicted octanol–water partition coefficient (Wildman–Crippen LogP) is 4.73. The van der Waals surface area contributed by atoms with Gasteiger partial charge in [0.05, 0.1) is 17.1 Å². The van der Waals surface area contributed by atoms with Gasteiger partial charge in [-0.3, -0.25) is 0 Å². The van der Waals surface area contributed by atoms with Crippen LogP contribution in [0.15, 0.2) is 91.0 Å². The summed E-state index contributed by atoms with van der Waals surface area (Å²) >= 11 is 0. The summed E-state index contributed by atoms with van der Waals surface area (Å²) in [4.78, 5) is 3.75. The number of anilines is 6. The highest BCUT2D eigenvalue weighted by Gasteiger charge is 2.29. The molecule has 0 saturated heterocycles. The third-order valence-corrected chi connectivity index (χ3v) is 4.69. The van der Waals surface area contributed by atoms with Crippen molar-refractivity contribution >= 4 is 34.4 Å². The summed E-state index contributed by atoms with van der Waals surface area (Å²) in [5.74, 6) is 0.102. The van der Waals surface area contributed by atoms with Gasteiger partial charge in [0.25, 0.3) is 0 Å². The number of para-hydroxylation sites is 3. The smallest absolute Gasteiger partial charge is 0.199 e. The molecule has 0 bridgehead atoms. The molecule has 33 heavy (non-hydrogen) atoms. The summed E-state index contributed by atoms with van der Waals surface area (Å²) in [5.41, 5.74) is 1.67. The minimum atomic E-state index is 0.0512. The van der Waals surface area contributed by atoms with Crippen LogP contribution in [-0.2, 0) is 0 Å². The van der Waals surface area contributed by atoms with Crippen LogP contribution >= 0.6 is 0 Å². The molecule has 9 nitrogen and oxygen atoms in total. The standard InChI is InChI=1S/C24H15N9/c25-16-31(19-10-4-1-5-11-19)22-23(32(17-26)20-12-6-2-7-13-20)28-30-29-24(22)33(18-27)21-14-8-3-9-15-21/h1-15H. The van der Waals surface area contributed by atoms with Crippen LogP contribution in [0, 0.1) is 34.4 Å². The summed E-state index contributed by atoms with van der Waals surface area (Å²) in [7, 11) is 0. The Labute approximate surface area is 190 Å². The van der Waals surface area contributed by atoms with E-state index in [4.69, 9.17) is 0 Å². The number of nitrogens with zero attached hydrogens (tertiary/aromatic N) is 9. The van der Waals surface area contributed by atoms with Gasteiger partial charge in [0.15, 0.2) is 30.2 Å². The molecule has 0 spiro atoms. The van der Waals surface area contributed by atoms with Gasteiger partial charge < -0.3 is 0 Å². The lowest BCUT2D eigenvalue weighted by Gasteiger charge is -2.26. The zero-order valence-electron chi connectivity index (χ0n) is 17.2. The Hall–Kier alpha value is -5.46. The first-order valence-electron chi connectivity index (χ1n) is 9.76. The van der Waals surface area contributed by atoms with E-state index in [0.29, 0.717) is 17.1 Å². The SMILES string of the molecule is N#CN(c1ccccc1)c1nnnc(N(C#N)c2ccccc2)c1N(C#N)c1ccccc1. The maximum atomic E-state index is 10.1. The van der Waals surface area contributed by atoms with Crippen LogP contribution in [0.5, 0.6) is 0 Å². The summed E-state index contributed by atoms with van der Waals surface area (Å²) in [6, 6.07) is 26.5. The molecule has 1 aromatic heterocycles. The first-order valence-corrected chi connectivity index (χ1v) is 9.76. The van der Waals surface area contributed by atoms with Crippen molar-refractivity contribution in [1.29, 1.82) is 15.8 Å². The van der Waals surface area contributed by atoms with Crippen LogP contribution in [0.1, 0.15) is 0 Å². The Bertz CT molecular complexity index is 1280. The molecule has 0 amide bonds. The van der Waals surface area contributed by atoms with Crippen LogP contribution < -0.4 is 14.7 Å². The highest BCUT2D eigenvalue weighted by atomic mass is 15.4. The number of aromatic nitrogens is 3. The van der Waals surface area contributed by atoms with Gasteiger partial charge in [0.1, 0.15) is 5.69 Å². The highest BCUT2D eigenvalue weighted by molar-refractivity contribution is 5.91. The van der Waals surface area contributed by atoms with Crippen LogP contribution in [0.25, 0.3) is 0 Å². The number of nitriles is 3. The molecule has 0 aliphatic rings. The Kier molecular flexibility index (Phi) is 6.03. The number of hydrogen-bond acceptors (Lipinski definition) is 9. The molecule has 4 rings (SSSR count). The third-order valence-electron chi connectivity index (χ3n) is 4.69. The summed E-state index contributed by atoms with van der Waals surface area (Å²) in [6.07, 6.45) is 6.32. The van der Waals surface area contributed by atoms with Gasteiger partial charge in [-0.2, -0.15) is 15.8 Å². The fourth-order valence-corrected chi connectivity index (χ4v) is 3.23. The second-order valence-electron chi connectivity index (χ2n) is 6.60. The summed E-state index contributed by atoms with van der Waals surface area (Å²) in [6.45, 7) is 0. The minimum absolute atomic E-state index is 0.0512. The molecule has 9 heteroatoms. The molecule has 0 aliphatic heterocycles. The fourth-order valence-electron chi connectivity index (χ4n) is 3.23. The topological polar surface area (TPSA) is 120 Å². The lowest BCUT2D eigenvalue weighted by atomic mass is 10.2. The zero-order chi connectivity index (χ0) is 23.0. The van der Waals surface area contributed by atoms with Crippen molar-refractivity contribution in [3.05, 3.63) is 91.0 Å². The molecule has 0 unspecified atom stereocenters. The summed E-state index contributed by atoms with van der Waals surface area (Å²) < 4.78 is 0. The normalized spacial score (nSPS) is 9.73. The van der Waals surface area contributed by atoms with Crippen molar-refractivity contribution in [3.63, 3.8) is 0 Å². The monoisotopic (exact) mass is 429 g/mol. The second-order valence-corrected chi connectivity index (χ2v) is 6.60. The van der Waals surface area contributed by atoms with Gasteiger partial charge in [-0.1, -0.05) is 54.6 Å². The molecule has 0 N–H and O–H groups in total. The van der Waals surface area contributed by atoms with E-state index in [1.54, 1.807) is 72.8 Å². The Balaban J connectivity index is 2.00. The molecule has 4 aromatic rings. The van der Waals surface area contributed by atoms with E-state index in [-0.39, 0.29) is 17.3 Å². The number of benzene rings is 3. The third kappa shape index (κ3) is 4.09. The summed E-state index contributed by atoms with van der Waals surface area (Å²) in [5, 5.41) is 42.1. The quantitative estimate of drug-likeness (QED) is 0.316. The zero-order valence-corrected chi connectivity index (χ0v) is 17.2. The van der Waals surface area contributed by atoms with E-state index < -0.39 is 0 Å². The first kappa shape index (κ1) is 20.8. The van der Waals surface area contributed by atoms with Crippen LogP contribution in [0.2, 0.25) is 0 Å². The van der Waals surface area contributed by atoms with Gasteiger partial charge in [-0.15, -0.1) is 10.2 Å². The van der Waals surface area contributed by atoms with E-state index in [0.717, 1.165) is 0 Å². The maximum Gasteiger partial charge on any atom is 0.199 e. The van der Waals surface area contributed by atoms with E-state index in [2.05, 4.69) is 34.0 Å². The Morgan fingerprint density at radius 2 is 0.818 bits per heavy atom. The molecule has 0 atom stereocenters. The molecule has 3 aromatic carbocycles. The number of hydrogen-bond donors (Lipinski definition) is 0. The van der Waals surface area contributed by atoms with Crippen molar-refractivity contribution in [2.75, 3.05) is 14.7 Å². The molecule has 0 aliphatic carbocycles. The molecular weight excluding hydrogens is 414 g/mol. The van der Waals surface area contributed by atoms with E-state index in [1.807, 2.05) is 18.2 Å². The Morgan fingerprint density at radius 1 is 0.485 bits per heavy atom. The number of rotatable bonds is 6. The molecule has 0 radical (unpaired) electrons. The molecule has 156 valence electrons. The maximum absolute atomic E-state index is 10.1. The van der Waals surface area contributed by atoms with Crippen molar-refractivity contribution in [3.8, 4) is 18.6 Å². The van der Waals surface area contributed by atoms with Crippen LogP contribution in [0.4, 0.5) is 34.4 Å². The van der Waals surface area contributed by atoms with Crippen molar-refractivity contribution in [2.24, 2.45) is 0 Å². The molecule has 0 saturated carbocycles. The van der Waals surface area contributed by atoms with Gasteiger partial charge >= 0.3 is 0 Å². The van der Waals surface area contributed by atoms with Crippen LogP contribution in [0.3, 0.4) is 0 Å². The van der Waals surface area contributed by atoms with Crippen LogP contribution in [-0.4, -0.2) is 15.4 Å². The minimum Gasteiger partial charge on any atom is -0.240 e. The van der Waals surface area contributed by atoms with Gasteiger partial charge in [-0.25, -0.2) is 14.7 Å². The highest BCUT2D eigenvalue weighted by Crippen LogP contribution is 2.42. The average molecular weight is 429 g/mol. The lowest BCUT2D eigenvalue weighted by Crippen LogP contribution is -2.23.